The molecule has 4 N–H and O–H groups in total. The van der Waals surface area contributed by atoms with Crippen LogP contribution in [0, 0.1) is 6.92 Å². The lowest BCUT2D eigenvalue weighted by atomic mass is 10.0. The number of hydrogen-bond donors (Lipinski definition) is 3. The van der Waals surface area contributed by atoms with Gasteiger partial charge in [0.05, 0.1) is 0 Å². The van der Waals surface area contributed by atoms with E-state index in [1.165, 1.54) is 12.3 Å². The van der Waals surface area contributed by atoms with Crippen LogP contribution in [0.2, 0.25) is 0 Å². The zero-order valence-corrected chi connectivity index (χ0v) is 9.73. The first-order valence-corrected chi connectivity index (χ1v) is 5.31. The summed E-state index contributed by atoms with van der Waals surface area (Å²) in [5, 5.41) is 8.77. The molecule has 0 bridgehead atoms. The molecule has 2 rings (SSSR count). The molecular weight excluding hydrogens is 232 g/mol. The fourth-order valence-electron chi connectivity index (χ4n) is 1.60. The van der Waals surface area contributed by atoms with Gasteiger partial charge >= 0.3 is 5.97 Å². The van der Waals surface area contributed by atoms with E-state index < -0.39 is 5.97 Å². The Bertz CT molecular complexity index is 629. The number of ketones is 1. The van der Waals surface area contributed by atoms with Crippen molar-refractivity contribution in [3.63, 3.8) is 0 Å². The van der Waals surface area contributed by atoms with Gasteiger partial charge in [0.25, 0.3) is 0 Å². The average Bonchev–Trinajstić information content (AvgIpc) is 2.81. The number of aryl methyl sites for hydroxylation is 1. The van der Waals surface area contributed by atoms with Crippen LogP contribution in [0.25, 0.3) is 0 Å². The Morgan fingerprint density at radius 3 is 2.50 bits per heavy atom. The molecule has 0 aliphatic carbocycles. The van der Waals surface area contributed by atoms with Gasteiger partial charge in [0, 0.05) is 23.0 Å². The lowest BCUT2D eigenvalue weighted by molar-refractivity contribution is 0.0691. The van der Waals surface area contributed by atoms with Crippen LogP contribution in [0.3, 0.4) is 0 Å². The molecule has 18 heavy (non-hydrogen) atoms. The van der Waals surface area contributed by atoms with Crippen LogP contribution < -0.4 is 5.73 Å². The van der Waals surface area contributed by atoms with Gasteiger partial charge in [-0.05, 0) is 24.6 Å². The van der Waals surface area contributed by atoms with E-state index in [9.17, 15) is 9.59 Å². The van der Waals surface area contributed by atoms with E-state index in [4.69, 9.17) is 10.8 Å². The number of nitrogens with one attached hydrogen (secondary N) is 1. The van der Waals surface area contributed by atoms with Gasteiger partial charge in [-0.15, -0.1) is 0 Å². The van der Waals surface area contributed by atoms with Crippen LogP contribution in [-0.2, 0) is 0 Å². The number of nitrogen functional groups attached to an aromatic ring is 1. The highest BCUT2D eigenvalue weighted by Crippen LogP contribution is 2.17. The van der Waals surface area contributed by atoms with Crippen molar-refractivity contribution in [3.05, 3.63) is 52.8 Å². The number of benzene rings is 1. The van der Waals surface area contributed by atoms with Crippen molar-refractivity contribution in [2.24, 2.45) is 0 Å². The van der Waals surface area contributed by atoms with Crippen LogP contribution in [0.1, 0.15) is 32.0 Å². The van der Waals surface area contributed by atoms with Gasteiger partial charge in [0.1, 0.15) is 5.69 Å². The standard InChI is InChI=1S/C13H12N2O3/c1-7-2-3-8(4-10(7)14)12(16)9-5-11(13(17)18)15-6-9/h2-6,15H,14H2,1H3,(H,17,18). The van der Waals surface area contributed by atoms with Crippen LogP contribution in [-0.4, -0.2) is 21.8 Å². The molecule has 1 aromatic heterocycles. The number of carboxylic acid groups (broad SMARTS) is 1. The Morgan fingerprint density at radius 1 is 1.22 bits per heavy atom. The van der Waals surface area contributed by atoms with Crippen molar-refractivity contribution in [2.75, 3.05) is 5.73 Å². The minimum atomic E-state index is -1.10. The predicted octanol–water partition coefficient (Wildman–Crippen LogP) is 1.83. The average molecular weight is 244 g/mol. The third kappa shape index (κ3) is 2.10. The molecule has 92 valence electrons. The van der Waals surface area contributed by atoms with Gasteiger partial charge in [-0.25, -0.2) is 4.79 Å². The summed E-state index contributed by atoms with van der Waals surface area (Å²) in [4.78, 5) is 25.3. The molecule has 0 radical (unpaired) electrons. The number of H-pyrrole nitrogens is 1. The Hall–Kier alpha value is -2.56. The Kier molecular flexibility index (Phi) is 2.89. The first-order valence-electron chi connectivity index (χ1n) is 5.31. The SMILES string of the molecule is Cc1ccc(C(=O)c2c[nH]c(C(=O)O)c2)cc1N. The van der Waals surface area contributed by atoms with E-state index in [2.05, 4.69) is 4.98 Å². The fourth-order valence-corrected chi connectivity index (χ4v) is 1.60. The highest BCUT2D eigenvalue weighted by molar-refractivity contribution is 6.10. The summed E-state index contributed by atoms with van der Waals surface area (Å²) in [6.07, 6.45) is 1.38. The number of aromatic nitrogens is 1. The third-order valence-corrected chi connectivity index (χ3v) is 2.72. The predicted molar refractivity (Wildman–Crippen MR) is 66.8 cm³/mol. The molecule has 0 amide bonds. The summed E-state index contributed by atoms with van der Waals surface area (Å²) in [7, 11) is 0. The third-order valence-electron chi connectivity index (χ3n) is 2.72. The second-order valence-electron chi connectivity index (χ2n) is 4.01. The summed E-state index contributed by atoms with van der Waals surface area (Å²) < 4.78 is 0. The number of carbonyl (C=O) groups is 2. The molecule has 0 fully saturated rings. The summed E-state index contributed by atoms with van der Waals surface area (Å²) in [5.41, 5.74) is 7.89. The zero-order chi connectivity index (χ0) is 13.3. The monoisotopic (exact) mass is 244 g/mol. The molecular formula is C13H12N2O3. The van der Waals surface area contributed by atoms with Crippen molar-refractivity contribution in [1.82, 2.24) is 4.98 Å². The second-order valence-corrected chi connectivity index (χ2v) is 4.01. The van der Waals surface area contributed by atoms with Crippen LogP contribution in [0.5, 0.6) is 0 Å². The summed E-state index contributed by atoms with van der Waals surface area (Å²) in [6, 6.07) is 6.32. The minimum Gasteiger partial charge on any atom is -0.477 e. The normalized spacial score (nSPS) is 10.3. The van der Waals surface area contributed by atoms with E-state index in [1.54, 1.807) is 18.2 Å². The summed E-state index contributed by atoms with van der Waals surface area (Å²) in [5.74, 6) is -1.36. The number of carbonyl (C=O) groups excluding carboxylic acids is 1. The van der Waals surface area contributed by atoms with Gasteiger partial charge in [-0.3, -0.25) is 4.79 Å². The largest absolute Gasteiger partial charge is 0.477 e. The van der Waals surface area contributed by atoms with E-state index in [0.29, 0.717) is 16.8 Å². The van der Waals surface area contributed by atoms with E-state index in [0.717, 1.165) is 5.56 Å². The van der Waals surface area contributed by atoms with E-state index in [-0.39, 0.29) is 11.5 Å². The number of carboxylic acids is 1. The molecule has 0 aliphatic rings. The molecule has 0 saturated carbocycles. The quantitative estimate of drug-likeness (QED) is 0.567. The topological polar surface area (TPSA) is 96.2 Å². The van der Waals surface area contributed by atoms with Crippen molar-refractivity contribution < 1.29 is 14.7 Å². The lowest BCUT2D eigenvalue weighted by Crippen LogP contribution is -2.02. The number of aromatic amines is 1. The van der Waals surface area contributed by atoms with E-state index >= 15 is 0 Å². The van der Waals surface area contributed by atoms with Crippen LogP contribution in [0.15, 0.2) is 30.5 Å². The lowest BCUT2D eigenvalue weighted by Gasteiger charge is -2.02. The number of nitrogens with two attached hydrogens (primary N) is 1. The Labute approximate surface area is 103 Å². The van der Waals surface area contributed by atoms with Crippen molar-refractivity contribution >= 4 is 17.4 Å². The zero-order valence-electron chi connectivity index (χ0n) is 9.73. The molecule has 0 atom stereocenters. The summed E-state index contributed by atoms with van der Waals surface area (Å²) in [6.45, 7) is 1.85. The highest BCUT2D eigenvalue weighted by atomic mass is 16.4. The maximum absolute atomic E-state index is 12.1. The van der Waals surface area contributed by atoms with Crippen LogP contribution >= 0.6 is 0 Å². The fraction of sp³-hybridized carbons (Fsp3) is 0.0769. The van der Waals surface area contributed by atoms with E-state index in [1.807, 2.05) is 6.92 Å². The second kappa shape index (κ2) is 4.37. The number of anilines is 1. The maximum atomic E-state index is 12.1. The van der Waals surface area contributed by atoms with Crippen molar-refractivity contribution in [2.45, 2.75) is 6.92 Å². The molecule has 5 heteroatoms. The molecule has 1 aromatic carbocycles. The first-order chi connectivity index (χ1) is 8.49. The van der Waals surface area contributed by atoms with Crippen molar-refractivity contribution in [1.29, 1.82) is 0 Å². The van der Waals surface area contributed by atoms with Gasteiger partial charge in [-0.1, -0.05) is 12.1 Å². The Balaban J connectivity index is 2.35. The number of hydrogen-bond acceptors (Lipinski definition) is 3. The molecule has 0 spiro atoms. The van der Waals surface area contributed by atoms with Gasteiger partial charge < -0.3 is 15.8 Å². The highest BCUT2D eigenvalue weighted by Gasteiger charge is 2.14. The molecule has 0 saturated heterocycles. The molecule has 2 aromatic rings. The van der Waals surface area contributed by atoms with Crippen molar-refractivity contribution in [3.8, 4) is 0 Å². The molecule has 0 unspecified atom stereocenters. The number of aromatic carboxylic acids is 1. The minimum absolute atomic E-state index is 0.0153. The molecule has 0 aliphatic heterocycles. The molecule has 1 heterocycles. The van der Waals surface area contributed by atoms with Gasteiger partial charge in [0.15, 0.2) is 5.78 Å². The van der Waals surface area contributed by atoms with Crippen LogP contribution in [0.4, 0.5) is 5.69 Å². The maximum Gasteiger partial charge on any atom is 0.352 e. The van der Waals surface area contributed by atoms with Gasteiger partial charge in [0.2, 0.25) is 0 Å². The number of rotatable bonds is 3. The molecule has 5 nitrogen and oxygen atoms in total. The van der Waals surface area contributed by atoms with Gasteiger partial charge in [-0.2, -0.15) is 0 Å². The Morgan fingerprint density at radius 2 is 1.94 bits per heavy atom. The summed E-state index contributed by atoms with van der Waals surface area (Å²) >= 11 is 0. The first kappa shape index (κ1) is 11.9. The smallest absolute Gasteiger partial charge is 0.352 e.